The van der Waals surface area contributed by atoms with Crippen molar-refractivity contribution in [3.8, 4) is 0 Å². The van der Waals surface area contributed by atoms with Crippen molar-refractivity contribution in [1.29, 1.82) is 0 Å². The standard InChI is InChI=1S/C12H12F2N4O2/c1-7-16-11(20-18-7)6-15-5-10(19)17-12-8(13)3-2-4-9(12)14/h2-4,15H,5-6H2,1H3,(H,17,19). The molecule has 1 heterocycles. The third kappa shape index (κ3) is 3.58. The molecule has 0 saturated carbocycles. The summed E-state index contributed by atoms with van der Waals surface area (Å²) in [4.78, 5) is 15.5. The Balaban J connectivity index is 1.84. The van der Waals surface area contributed by atoms with E-state index in [1.807, 2.05) is 0 Å². The van der Waals surface area contributed by atoms with Crippen LogP contribution in [0.2, 0.25) is 0 Å². The lowest BCUT2D eigenvalue weighted by Gasteiger charge is -2.07. The van der Waals surface area contributed by atoms with Crippen LogP contribution in [0.1, 0.15) is 11.7 Å². The quantitative estimate of drug-likeness (QED) is 0.866. The number of rotatable bonds is 5. The van der Waals surface area contributed by atoms with Crippen LogP contribution in [0.5, 0.6) is 0 Å². The summed E-state index contributed by atoms with van der Waals surface area (Å²) in [6, 6.07) is 3.34. The summed E-state index contributed by atoms with van der Waals surface area (Å²) < 4.78 is 31.4. The lowest BCUT2D eigenvalue weighted by molar-refractivity contribution is -0.115. The van der Waals surface area contributed by atoms with Crippen LogP contribution in [0.3, 0.4) is 0 Å². The molecule has 20 heavy (non-hydrogen) atoms. The van der Waals surface area contributed by atoms with Crippen LogP contribution in [0.15, 0.2) is 22.7 Å². The van der Waals surface area contributed by atoms with Crippen molar-refractivity contribution >= 4 is 11.6 Å². The van der Waals surface area contributed by atoms with Crippen molar-refractivity contribution in [3.05, 3.63) is 41.5 Å². The third-order valence-corrected chi connectivity index (χ3v) is 2.36. The van der Waals surface area contributed by atoms with Crippen LogP contribution in [-0.2, 0) is 11.3 Å². The van der Waals surface area contributed by atoms with Gasteiger partial charge >= 0.3 is 0 Å². The molecule has 0 unspecified atom stereocenters. The summed E-state index contributed by atoms with van der Waals surface area (Å²) in [6.07, 6.45) is 0. The van der Waals surface area contributed by atoms with Gasteiger partial charge in [-0.15, -0.1) is 0 Å². The predicted octanol–water partition coefficient (Wildman–Crippen LogP) is 1.38. The van der Waals surface area contributed by atoms with Crippen LogP contribution < -0.4 is 10.6 Å². The van der Waals surface area contributed by atoms with Gasteiger partial charge in [-0.2, -0.15) is 4.98 Å². The minimum Gasteiger partial charge on any atom is -0.338 e. The van der Waals surface area contributed by atoms with E-state index >= 15 is 0 Å². The number of hydrogen-bond acceptors (Lipinski definition) is 5. The number of para-hydroxylation sites is 1. The monoisotopic (exact) mass is 282 g/mol. The van der Waals surface area contributed by atoms with Crippen molar-refractivity contribution in [2.24, 2.45) is 0 Å². The molecule has 106 valence electrons. The van der Waals surface area contributed by atoms with Gasteiger partial charge in [0.2, 0.25) is 11.8 Å². The number of hydrogen-bond donors (Lipinski definition) is 2. The molecule has 0 bridgehead atoms. The largest absolute Gasteiger partial charge is 0.338 e. The number of nitrogens with one attached hydrogen (secondary N) is 2. The summed E-state index contributed by atoms with van der Waals surface area (Å²) in [6.45, 7) is 1.71. The molecule has 0 fully saturated rings. The van der Waals surface area contributed by atoms with E-state index in [-0.39, 0.29) is 13.1 Å². The molecule has 1 aromatic heterocycles. The maximum absolute atomic E-state index is 13.3. The van der Waals surface area contributed by atoms with Gasteiger partial charge in [-0.3, -0.25) is 10.1 Å². The summed E-state index contributed by atoms with van der Waals surface area (Å²) in [5, 5.41) is 8.45. The Hall–Kier alpha value is -2.35. The molecule has 0 radical (unpaired) electrons. The summed E-state index contributed by atoms with van der Waals surface area (Å²) >= 11 is 0. The Labute approximate surface area is 113 Å². The highest BCUT2D eigenvalue weighted by molar-refractivity contribution is 5.92. The average molecular weight is 282 g/mol. The van der Waals surface area contributed by atoms with E-state index in [4.69, 9.17) is 4.52 Å². The van der Waals surface area contributed by atoms with Gasteiger partial charge in [0, 0.05) is 0 Å². The van der Waals surface area contributed by atoms with Crippen LogP contribution in [0.25, 0.3) is 0 Å². The molecule has 0 spiro atoms. The minimum absolute atomic E-state index is 0.144. The van der Waals surface area contributed by atoms with E-state index in [0.717, 1.165) is 12.1 Å². The Morgan fingerprint density at radius 1 is 1.35 bits per heavy atom. The lowest BCUT2D eigenvalue weighted by Crippen LogP contribution is -2.28. The van der Waals surface area contributed by atoms with E-state index in [9.17, 15) is 13.6 Å². The van der Waals surface area contributed by atoms with Crippen LogP contribution >= 0.6 is 0 Å². The van der Waals surface area contributed by atoms with Crippen molar-refractivity contribution in [1.82, 2.24) is 15.5 Å². The van der Waals surface area contributed by atoms with E-state index in [1.54, 1.807) is 6.92 Å². The lowest BCUT2D eigenvalue weighted by atomic mass is 10.3. The van der Waals surface area contributed by atoms with Crippen molar-refractivity contribution in [2.75, 3.05) is 11.9 Å². The third-order valence-electron chi connectivity index (χ3n) is 2.36. The molecule has 1 aromatic carbocycles. The van der Waals surface area contributed by atoms with Gasteiger partial charge < -0.3 is 9.84 Å². The molecule has 2 rings (SSSR count). The van der Waals surface area contributed by atoms with Crippen LogP contribution in [0.4, 0.5) is 14.5 Å². The Morgan fingerprint density at radius 3 is 2.65 bits per heavy atom. The molecule has 0 saturated heterocycles. The second-order valence-electron chi connectivity index (χ2n) is 3.98. The van der Waals surface area contributed by atoms with Gasteiger partial charge in [-0.05, 0) is 19.1 Å². The van der Waals surface area contributed by atoms with Gasteiger partial charge in [-0.25, -0.2) is 8.78 Å². The zero-order chi connectivity index (χ0) is 14.5. The first-order chi connectivity index (χ1) is 9.56. The van der Waals surface area contributed by atoms with Crippen molar-refractivity contribution < 1.29 is 18.1 Å². The molecule has 2 N–H and O–H groups in total. The Kier molecular flexibility index (Phi) is 4.36. The van der Waals surface area contributed by atoms with Crippen LogP contribution in [-0.4, -0.2) is 22.6 Å². The molecular weight excluding hydrogens is 270 g/mol. The molecule has 2 aromatic rings. The summed E-state index contributed by atoms with van der Waals surface area (Å²) in [7, 11) is 0. The molecule has 6 nitrogen and oxygen atoms in total. The predicted molar refractivity (Wildman–Crippen MR) is 65.7 cm³/mol. The number of anilines is 1. The molecule has 1 amide bonds. The maximum Gasteiger partial charge on any atom is 0.240 e. The van der Waals surface area contributed by atoms with E-state index < -0.39 is 23.2 Å². The maximum atomic E-state index is 13.3. The Morgan fingerprint density at radius 2 is 2.05 bits per heavy atom. The van der Waals surface area contributed by atoms with E-state index in [1.165, 1.54) is 6.07 Å². The zero-order valence-corrected chi connectivity index (χ0v) is 10.6. The van der Waals surface area contributed by atoms with Crippen molar-refractivity contribution in [3.63, 3.8) is 0 Å². The number of halogens is 2. The normalized spacial score (nSPS) is 10.6. The number of benzene rings is 1. The smallest absolute Gasteiger partial charge is 0.240 e. The number of carbonyl (C=O) groups excluding carboxylic acids is 1. The second-order valence-corrected chi connectivity index (χ2v) is 3.98. The molecule has 8 heteroatoms. The fourth-order valence-electron chi connectivity index (χ4n) is 1.50. The Bertz CT molecular complexity index is 595. The van der Waals surface area contributed by atoms with Gasteiger partial charge in [-0.1, -0.05) is 11.2 Å². The topological polar surface area (TPSA) is 80.0 Å². The first-order valence-electron chi connectivity index (χ1n) is 5.80. The molecular formula is C12H12F2N4O2. The fourth-order valence-corrected chi connectivity index (χ4v) is 1.50. The first-order valence-corrected chi connectivity index (χ1v) is 5.80. The number of amides is 1. The second kappa shape index (κ2) is 6.20. The molecule has 0 atom stereocenters. The SMILES string of the molecule is Cc1noc(CNCC(=O)Nc2c(F)cccc2F)n1. The molecule has 0 aliphatic carbocycles. The van der Waals surface area contributed by atoms with E-state index in [2.05, 4.69) is 20.8 Å². The highest BCUT2D eigenvalue weighted by Crippen LogP contribution is 2.17. The number of carbonyl (C=O) groups is 1. The molecule has 0 aliphatic heterocycles. The highest BCUT2D eigenvalue weighted by atomic mass is 19.1. The fraction of sp³-hybridized carbons (Fsp3) is 0.250. The molecule has 0 aliphatic rings. The van der Waals surface area contributed by atoms with Gasteiger partial charge in [0.1, 0.15) is 17.3 Å². The summed E-state index contributed by atoms with van der Waals surface area (Å²) in [5.74, 6) is -1.42. The van der Waals surface area contributed by atoms with Gasteiger partial charge in [0.25, 0.3) is 0 Å². The first kappa shape index (κ1) is 14.1. The van der Waals surface area contributed by atoms with Gasteiger partial charge in [0.15, 0.2) is 5.82 Å². The number of aryl methyl sites for hydroxylation is 1. The minimum atomic E-state index is -0.828. The van der Waals surface area contributed by atoms with E-state index in [0.29, 0.717) is 11.7 Å². The van der Waals surface area contributed by atoms with Crippen molar-refractivity contribution in [2.45, 2.75) is 13.5 Å². The van der Waals surface area contributed by atoms with Crippen LogP contribution in [0, 0.1) is 18.6 Å². The highest BCUT2D eigenvalue weighted by Gasteiger charge is 2.11. The number of aromatic nitrogens is 2. The zero-order valence-electron chi connectivity index (χ0n) is 10.6. The summed E-state index contributed by atoms with van der Waals surface area (Å²) in [5.41, 5.74) is -0.465. The van der Waals surface area contributed by atoms with Gasteiger partial charge in [0.05, 0.1) is 13.1 Å². The average Bonchev–Trinajstić information content (AvgIpc) is 2.80. The number of nitrogens with zero attached hydrogens (tertiary/aromatic N) is 2.